The van der Waals surface area contributed by atoms with Gasteiger partial charge in [0.1, 0.15) is 0 Å². The molecule has 0 saturated heterocycles. The Bertz CT molecular complexity index is 362. The second kappa shape index (κ2) is 7.14. The lowest BCUT2D eigenvalue weighted by atomic mass is 9.98. The molecule has 0 aliphatic carbocycles. The minimum Gasteiger partial charge on any atom is -0.347 e. The van der Waals surface area contributed by atoms with Crippen molar-refractivity contribution in [2.45, 2.75) is 46.6 Å². The molecule has 1 heterocycles. The first kappa shape index (κ1) is 14.7. The molecule has 3 heteroatoms. The van der Waals surface area contributed by atoms with Gasteiger partial charge in [0, 0.05) is 12.1 Å². The molecular weight excluding hydrogens is 224 g/mol. The normalized spacial score (nSPS) is 14.3. The van der Waals surface area contributed by atoms with E-state index in [4.69, 9.17) is 0 Å². The van der Waals surface area contributed by atoms with Crippen LogP contribution in [0.2, 0.25) is 0 Å². The molecule has 0 aliphatic rings. The standard InChI is InChI=1S/C15H24N2O/c1-5-8-12(4)15(18)17-14(11(2)3)13-9-6-7-10-16-13/h6-7,9-12,14H,5,8H2,1-4H3,(H,17,18). The highest BCUT2D eigenvalue weighted by molar-refractivity contribution is 5.78. The summed E-state index contributed by atoms with van der Waals surface area (Å²) in [6.07, 6.45) is 3.73. The smallest absolute Gasteiger partial charge is 0.223 e. The van der Waals surface area contributed by atoms with Crippen LogP contribution in [0.1, 0.15) is 52.3 Å². The summed E-state index contributed by atoms with van der Waals surface area (Å²) in [7, 11) is 0. The summed E-state index contributed by atoms with van der Waals surface area (Å²) in [6.45, 7) is 8.28. The van der Waals surface area contributed by atoms with Gasteiger partial charge in [-0.3, -0.25) is 9.78 Å². The molecule has 0 saturated carbocycles. The average Bonchev–Trinajstić information content (AvgIpc) is 2.36. The third kappa shape index (κ3) is 4.13. The molecule has 0 fully saturated rings. The zero-order chi connectivity index (χ0) is 13.5. The van der Waals surface area contributed by atoms with Gasteiger partial charge in [0.25, 0.3) is 0 Å². The van der Waals surface area contributed by atoms with Crippen LogP contribution in [0.3, 0.4) is 0 Å². The van der Waals surface area contributed by atoms with Gasteiger partial charge in [-0.25, -0.2) is 0 Å². The van der Waals surface area contributed by atoms with Crippen molar-refractivity contribution in [2.24, 2.45) is 11.8 Å². The molecule has 0 spiro atoms. The summed E-state index contributed by atoms with van der Waals surface area (Å²) in [6, 6.07) is 5.81. The number of nitrogens with zero attached hydrogens (tertiary/aromatic N) is 1. The number of aromatic nitrogens is 1. The SMILES string of the molecule is CCCC(C)C(=O)NC(c1ccccn1)C(C)C. The van der Waals surface area contributed by atoms with Crippen molar-refractivity contribution in [3.8, 4) is 0 Å². The topological polar surface area (TPSA) is 42.0 Å². The van der Waals surface area contributed by atoms with Gasteiger partial charge in [0.2, 0.25) is 5.91 Å². The third-order valence-electron chi connectivity index (χ3n) is 3.14. The van der Waals surface area contributed by atoms with E-state index < -0.39 is 0 Å². The molecule has 1 rings (SSSR count). The molecular formula is C15H24N2O. The van der Waals surface area contributed by atoms with E-state index in [-0.39, 0.29) is 17.9 Å². The first-order valence-electron chi connectivity index (χ1n) is 6.77. The van der Waals surface area contributed by atoms with Crippen LogP contribution in [0.15, 0.2) is 24.4 Å². The van der Waals surface area contributed by atoms with Crippen molar-refractivity contribution < 1.29 is 4.79 Å². The number of hydrogen-bond donors (Lipinski definition) is 1. The Morgan fingerprint density at radius 1 is 1.33 bits per heavy atom. The molecule has 0 bridgehead atoms. The Kier molecular flexibility index (Phi) is 5.83. The number of rotatable bonds is 6. The second-order valence-corrected chi connectivity index (χ2v) is 5.17. The predicted octanol–water partition coefficient (Wildman–Crippen LogP) is 3.33. The summed E-state index contributed by atoms with van der Waals surface area (Å²) in [5.41, 5.74) is 0.935. The van der Waals surface area contributed by atoms with Gasteiger partial charge in [0.05, 0.1) is 11.7 Å². The third-order valence-corrected chi connectivity index (χ3v) is 3.14. The molecule has 0 aromatic carbocycles. The first-order valence-corrected chi connectivity index (χ1v) is 6.77. The van der Waals surface area contributed by atoms with Crippen LogP contribution in [0, 0.1) is 11.8 Å². The zero-order valence-corrected chi connectivity index (χ0v) is 11.8. The van der Waals surface area contributed by atoms with Crippen LogP contribution >= 0.6 is 0 Å². The Morgan fingerprint density at radius 3 is 2.56 bits per heavy atom. The molecule has 3 nitrogen and oxygen atoms in total. The van der Waals surface area contributed by atoms with Gasteiger partial charge in [0.15, 0.2) is 0 Å². The number of amides is 1. The lowest BCUT2D eigenvalue weighted by Gasteiger charge is -2.23. The summed E-state index contributed by atoms with van der Waals surface area (Å²) in [4.78, 5) is 16.4. The molecule has 1 aromatic heterocycles. The molecule has 1 aromatic rings. The molecule has 100 valence electrons. The van der Waals surface area contributed by atoms with Crippen LogP contribution < -0.4 is 5.32 Å². The summed E-state index contributed by atoms with van der Waals surface area (Å²) in [5.74, 6) is 0.527. The molecule has 18 heavy (non-hydrogen) atoms. The van der Waals surface area contributed by atoms with Crippen LogP contribution in [0.5, 0.6) is 0 Å². The van der Waals surface area contributed by atoms with Gasteiger partial charge in [-0.05, 0) is 24.5 Å². The number of hydrogen-bond acceptors (Lipinski definition) is 2. The Morgan fingerprint density at radius 2 is 2.06 bits per heavy atom. The van der Waals surface area contributed by atoms with Gasteiger partial charge in [-0.1, -0.05) is 40.2 Å². The fourth-order valence-electron chi connectivity index (χ4n) is 2.00. The highest BCUT2D eigenvalue weighted by atomic mass is 16.1. The van der Waals surface area contributed by atoms with Crippen molar-refractivity contribution in [2.75, 3.05) is 0 Å². The number of nitrogens with one attached hydrogen (secondary N) is 1. The first-order chi connectivity index (χ1) is 8.56. The maximum Gasteiger partial charge on any atom is 0.223 e. The van der Waals surface area contributed by atoms with Crippen LogP contribution in [0.4, 0.5) is 0 Å². The van der Waals surface area contributed by atoms with Crippen LogP contribution in [0.25, 0.3) is 0 Å². The van der Waals surface area contributed by atoms with E-state index in [1.165, 1.54) is 0 Å². The van der Waals surface area contributed by atoms with E-state index in [0.29, 0.717) is 5.92 Å². The minimum atomic E-state index is -0.00185. The molecule has 2 unspecified atom stereocenters. The summed E-state index contributed by atoms with van der Waals surface area (Å²) >= 11 is 0. The number of carbonyl (C=O) groups excluding carboxylic acids is 1. The van der Waals surface area contributed by atoms with E-state index in [9.17, 15) is 4.79 Å². The summed E-state index contributed by atoms with van der Waals surface area (Å²) in [5, 5.41) is 3.12. The second-order valence-electron chi connectivity index (χ2n) is 5.17. The summed E-state index contributed by atoms with van der Waals surface area (Å²) < 4.78 is 0. The molecule has 2 atom stereocenters. The van der Waals surface area contributed by atoms with Gasteiger partial charge in [-0.2, -0.15) is 0 Å². The van der Waals surface area contributed by atoms with E-state index in [1.54, 1.807) is 6.20 Å². The van der Waals surface area contributed by atoms with Gasteiger partial charge >= 0.3 is 0 Å². The van der Waals surface area contributed by atoms with E-state index in [2.05, 4.69) is 31.1 Å². The van der Waals surface area contributed by atoms with Crippen molar-refractivity contribution in [1.82, 2.24) is 10.3 Å². The van der Waals surface area contributed by atoms with Crippen molar-refractivity contribution in [1.29, 1.82) is 0 Å². The highest BCUT2D eigenvalue weighted by Gasteiger charge is 2.21. The lowest BCUT2D eigenvalue weighted by Crippen LogP contribution is -2.35. The van der Waals surface area contributed by atoms with Crippen LogP contribution in [-0.2, 0) is 4.79 Å². The quantitative estimate of drug-likeness (QED) is 0.839. The lowest BCUT2D eigenvalue weighted by molar-refractivity contribution is -0.125. The van der Waals surface area contributed by atoms with Crippen molar-refractivity contribution in [3.05, 3.63) is 30.1 Å². The van der Waals surface area contributed by atoms with Gasteiger partial charge in [-0.15, -0.1) is 0 Å². The van der Waals surface area contributed by atoms with Crippen molar-refractivity contribution in [3.63, 3.8) is 0 Å². The van der Waals surface area contributed by atoms with E-state index >= 15 is 0 Å². The molecule has 1 N–H and O–H groups in total. The van der Waals surface area contributed by atoms with Gasteiger partial charge < -0.3 is 5.32 Å². The largest absolute Gasteiger partial charge is 0.347 e. The van der Waals surface area contributed by atoms with E-state index in [0.717, 1.165) is 18.5 Å². The fourth-order valence-corrected chi connectivity index (χ4v) is 2.00. The maximum atomic E-state index is 12.1. The minimum absolute atomic E-state index is 0.00185. The van der Waals surface area contributed by atoms with Crippen LogP contribution in [-0.4, -0.2) is 10.9 Å². The zero-order valence-electron chi connectivity index (χ0n) is 11.8. The average molecular weight is 248 g/mol. The Labute approximate surface area is 110 Å². The molecule has 0 aliphatic heterocycles. The highest BCUT2D eigenvalue weighted by Crippen LogP contribution is 2.20. The molecule has 0 radical (unpaired) electrons. The Hall–Kier alpha value is -1.38. The van der Waals surface area contributed by atoms with E-state index in [1.807, 2.05) is 25.1 Å². The number of pyridine rings is 1. The monoisotopic (exact) mass is 248 g/mol. The Balaban J connectivity index is 2.73. The number of carbonyl (C=O) groups is 1. The predicted molar refractivity (Wildman–Crippen MR) is 74.0 cm³/mol. The maximum absolute atomic E-state index is 12.1. The molecule has 1 amide bonds. The fraction of sp³-hybridized carbons (Fsp3) is 0.600. The van der Waals surface area contributed by atoms with Crippen molar-refractivity contribution >= 4 is 5.91 Å².